The highest BCUT2D eigenvalue weighted by Crippen LogP contribution is 2.27. The van der Waals surface area contributed by atoms with Crippen LogP contribution >= 0.6 is 0 Å². The normalized spacial score (nSPS) is 10.8. The van der Waals surface area contributed by atoms with Crippen molar-refractivity contribution in [2.75, 3.05) is 5.73 Å². The number of nitrogens with two attached hydrogens (primary N) is 1. The van der Waals surface area contributed by atoms with E-state index in [-0.39, 0.29) is 0 Å². The summed E-state index contributed by atoms with van der Waals surface area (Å²) < 4.78 is 10.6. The van der Waals surface area contributed by atoms with E-state index < -0.39 is 0 Å². The van der Waals surface area contributed by atoms with Crippen LogP contribution in [0.25, 0.3) is 23.0 Å². The summed E-state index contributed by atoms with van der Waals surface area (Å²) >= 11 is 0. The van der Waals surface area contributed by atoms with Gasteiger partial charge in [0.15, 0.2) is 5.89 Å². The van der Waals surface area contributed by atoms with Crippen molar-refractivity contribution in [3.05, 3.63) is 35.9 Å². The van der Waals surface area contributed by atoms with Gasteiger partial charge in [-0.2, -0.15) is 4.98 Å². The number of hydrogen-bond donors (Lipinski definition) is 1. The zero-order valence-corrected chi connectivity index (χ0v) is 10.5. The van der Waals surface area contributed by atoms with Crippen molar-refractivity contribution in [1.82, 2.24) is 15.1 Å². The van der Waals surface area contributed by atoms with E-state index in [1.807, 2.05) is 25.1 Å². The minimum atomic E-state index is 0.302. The molecule has 0 fully saturated rings. The predicted molar refractivity (Wildman–Crippen MR) is 69.1 cm³/mol. The Kier molecular flexibility index (Phi) is 2.56. The molecule has 3 aromatic rings. The Labute approximate surface area is 109 Å². The minimum absolute atomic E-state index is 0.302. The fourth-order valence-electron chi connectivity index (χ4n) is 1.86. The summed E-state index contributed by atoms with van der Waals surface area (Å²) in [5.41, 5.74) is 7.92. The van der Waals surface area contributed by atoms with Crippen LogP contribution in [0.3, 0.4) is 0 Å². The summed E-state index contributed by atoms with van der Waals surface area (Å²) in [6, 6.07) is 7.34. The lowest BCUT2D eigenvalue weighted by molar-refractivity contribution is 0.413. The van der Waals surface area contributed by atoms with Crippen LogP contribution in [0.5, 0.6) is 0 Å². The topological polar surface area (TPSA) is 91.0 Å². The van der Waals surface area contributed by atoms with Crippen molar-refractivity contribution in [2.24, 2.45) is 0 Å². The average molecular weight is 256 g/mol. The summed E-state index contributed by atoms with van der Waals surface area (Å²) in [5.74, 6) is 1.79. The summed E-state index contributed by atoms with van der Waals surface area (Å²) in [4.78, 5) is 8.46. The average Bonchev–Trinajstić information content (AvgIpc) is 2.96. The molecule has 96 valence electrons. The van der Waals surface area contributed by atoms with Gasteiger partial charge in [0.2, 0.25) is 11.6 Å². The molecule has 1 aromatic carbocycles. The van der Waals surface area contributed by atoms with Crippen molar-refractivity contribution in [2.45, 2.75) is 13.8 Å². The predicted octanol–water partition coefficient (Wildman–Crippen LogP) is 2.59. The van der Waals surface area contributed by atoms with Gasteiger partial charge in [-0.3, -0.25) is 0 Å². The van der Waals surface area contributed by atoms with E-state index in [2.05, 4.69) is 15.1 Å². The van der Waals surface area contributed by atoms with Gasteiger partial charge in [0.25, 0.3) is 5.89 Å². The smallest absolute Gasteiger partial charge is 0.295 e. The molecule has 0 unspecified atom stereocenters. The van der Waals surface area contributed by atoms with Crippen molar-refractivity contribution >= 4 is 5.69 Å². The highest BCUT2D eigenvalue weighted by Gasteiger charge is 2.18. The van der Waals surface area contributed by atoms with Gasteiger partial charge in [-0.25, -0.2) is 4.98 Å². The van der Waals surface area contributed by atoms with Crippen LogP contribution in [0.15, 0.2) is 33.2 Å². The van der Waals surface area contributed by atoms with E-state index in [4.69, 9.17) is 14.7 Å². The Morgan fingerprint density at radius 3 is 2.58 bits per heavy atom. The van der Waals surface area contributed by atoms with Gasteiger partial charge in [-0.15, -0.1) is 0 Å². The number of aromatic nitrogens is 3. The minimum Gasteiger partial charge on any atom is -0.436 e. The van der Waals surface area contributed by atoms with E-state index in [0.717, 1.165) is 5.56 Å². The lowest BCUT2D eigenvalue weighted by Gasteiger charge is -1.97. The van der Waals surface area contributed by atoms with Gasteiger partial charge in [-0.05, 0) is 19.1 Å². The Morgan fingerprint density at radius 2 is 1.89 bits per heavy atom. The standard InChI is InChI=1S/C13H12N4O2/c1-7-11(18-8(2)15-7)13-16-12(17-19-13)9-5-3-4-6-10(9)14/h3-6H,14H2,1-2H3. The van der Waals surface area contributed by atoms with E-state index >= 15 is 0 Å². The van der Waals surface area contributed by atoms with Crippen LogP contribution in [0.2, 0.25) is 0 Å². The molecule has 0 radical (unpaired) electrons. The number of nitrogens with zero attached hydrogens (tertiary/aromatic N) is 3. The molecule has 0 aliphatic rings. The molecule has 2 heterocycles. The Balaban J connectivity index is 2.05. The SMILES string of the molecule is Cc1nc(C)c(-c2nc(-c3ccccc3N)no2)o1. The van der Waals surface area contributed by atoms with E-state index in [1.165, 1.54) is 0 Å². The maximum absolute atomic E-state index is 5.88. The molecule has 2 N–H and O–H groups in total. The second-order valence-electron chi connectivity index (χ2n) is 4.16. The van der Waals surface area contributed by atoms with Gasteiger partial charge in [-0.1, -0.05) is 17.3 Å². The van der Waals surface area contributed by atoms with E-state index in [9.17, 15) is 0 Å². The quantitative estimate of drug-likeness (QED) is 0.708. The van der Waals surface area contributed by atoms with Crippen molar-refractivity contribution in [3.63, 3.8) is 0 Å². The number of nitrogen functional groups attached to an aromatic ring is 1. The highest BCUT2D eigenvalue weighted by molar-refractivity contribution is 5.71. The number of para-hydroxylation sites is 1. The Hall–Kier alpha value is -2.63. The van der Waals surface area contributed by atoms with Gasteiger partial charge >= 0.3 is 0 Å². The second kappa shape index (κ2) is 4.24. The molecule has 0 saturated heterocycles. The first-order valence-electron chi connectivity index (χ1n) is 5.78. The summed E-state index contributed by atoms with van der Waals surface area (Å²) in [6.07, 6.45) is 0. The zero-order valence-electron chi connectivity index (χ0n) is 10.5. The molecule has 0 spiro atoms. The maximum Gasteiger partial charge on any atom is 0.295 e. The van der Waals surface area contributed by atoms with Crippen LogP contribution in [0.1, 0.15) is 11.6 Å². The molecular weight excluding hydrogens is 244 g/mol. The molecule has 0 amide bonds. The van der Waals surface area contributed by atoms with Crippen molar-refractivity contribution in [3.8, 4) is 23.0 Å². The van der Waals surface area contributed by atoms with Gasteiger partial charge in [0, 0.05) is 18.2 Å². The largest absolute Gasteiger partial charge is 0.436 e. The number of hydrogen-bond acceptors (Lipinski definition) is 6. The third kappa shape index (κ3) is 1.97. The summed E-state index contributed by atoms with van der Waals surface area (Å²) in [6.45, 7) is 3.59. The first-order valence-corrected chi connectivity index (χ1v) is 5.78. The van der Waals surface area contributed by atoms with Crippen LogP contribution in [-0.4, -0.2) is 15.1 Å². The molecule has 0 aliphatic heterocycles. The summed E-state index contributed by atoms with van der Waals surface area (Å²) in [5, 5.41) is 3.92. The first-order chi connectivity index (χ1) is 9.15. The van der Waals surface area contributed by atoms with E-state index in [0.29, 0.717) is 34.7 Å². The molecule has 19 heavy (non-hydrogen) atoms. The molecule has 3 rings (SSSR count). The number of benzene rings is 1. The van der Waals surface area contributed by atoms with Gasteiger partial charge < -0.3 is 14.7 Å². The molecule has 0 saturated carbocycles. The van der Waals surface area contributed by atoms with E-state index in [1.54, 1.807) is 13.0 Å². The molecule has 2 aromatic heterocycles. The first kappa shape index (κ1) is 11.5. The van der Waals surface area contributed by atoms with Gasteiger partial charge in [0.1, 0.15) is 0 Å². The van der Waals surface area contributed by atoms with Crippen LogP contribution in [0.4, 0.5) is 5.69 Å². The lowest BCUT2D eigenvalue weighted by atomic mass is 10.2. The molecular formula is C13H12N4O2. The van der Waals surface area contributed by atoms with Crippen LogP contribution in [-0.2, 0) is 0 Å². The molecule has 0 bridgehead atoms. The summed E-state index contributed by atoms with van der Waals surface area (Å²) in [7, 11) is 0. The lowest BCUT2D eigenvalue weighted by Crippen LogP contribution is -1.90. The Bertz CT molecular complexity index is 730. The molecule has 0 aliphatic carbocycles. The van der Waals surface area contributed by atoms with Gasteiger partial charge in [0.05, 0.1) is 5.69 Å². The number of anilines is 1. The third-order valence-electron chi connectivity index (χ3n) is 2.73. The number of aryl methyl sites for hydroxylation is 2. The van der Waals surface area contributed by atoms with Crippen LogP contribution < -0.4 is 5.73 Å². The zero-order chi connectivity index (χ0) is 13.4. The van der Waals surface area contributed by atoms with Crippen LogP contribution in [0, 0.1) is 13.8 Å². The third-order valence-corrected chi connectivity index (χ3v) is 2.73. The second-order valence-corrected chi connectivity index (χ2v) is 4.16. The van der Waals surface area contributed by atoms with Crippen molar-refractivity contribution < 1.29 is 8.94 Å². The molecule has 6 nitrogen and oxygen atoms in total. The molecule has 6 heteroatoms. The number of oxazole rings is 1. The fourth-order valence-corrected chi connectivity index (χ4v) is 1.86. The monoisotopic (exact) mass is 256 g/mol. The highest BCUT2D eigenvalue weighted by atomic mass is 16.5. The Morgan fingerprint density at radius 1 is 1.11 bits per heavy atom. The number of rotatable bonds is 2. The maximum atomic E-state index is 5.88. The fraction of sp³-hybridized carbons (Fsp3) is 0.154. The molecule has 0 atom stereocenters. The van der Waals surface area contributed by atoms with Crippen molar-refractivity contribution in [1.29, 1.82) is 0 Å².